The quantitative estimate of drug-likeness (QED) is 0.672. The topological polar surface area (TPSA) is 71.3 Å². The molecule has 1 aliphatic carbocycles. The van der Waals surface area contributed by atoms with Gasteiger partial charge in [0.25, 0.3) is 0 Å². The molecule has 0 bridgehead atoms. The summed E-state index contributed by atoms with van der Waals surface area (Å²) >= 11 is 1.53. The van der Waals surface area contributed by atoms with E-state index in [1.807, 2.05) is 25.1 Å². The first-order valence-electron chi connectivity index (χ1n) is 9.50. The third kappa shape index (κ3) is 4.55. The molecule has 0 aliphatic heterocycles. The first kappa shape index (κ1) is 20.0. The number of nitriles is 1. The Morgan fingerprint density at radius 1 is 1.32 bits per heavy atom. The number of methoxy groups -OCH3 is 1. The van der Waals surface area contributed by atoms with E-state index < -0.39 is 0 Å². The van der Waals surface area contributed by atoms with Crippen LogP contribution in [0.4, 0.5) is 5.00 Å². The summed E-state index contributed by atoms with van der Waals surface area (Å²) in [6.45, 7) is 2.67. The van der Waals surface area contributed by atoms with E-state index in [4.69, 9.17) is 9.47 Å². The average Bonchev–Trinajstić information content (AvgIpc) is 3.07. The fourth-order valence-corrected chi connectivity index (χ4v) is 4.46. The third-order valence-electron chi connectivity index (χ3n) is 4.60. The number of anilines is 1. The summed E-state index contributed by atoms with van der Waals surface area (Å²) in [4.78, 5) is 13.6. The van der Waals surface area contributed by atoms with Crippen LogP contribution in [0.1, 0.15) is 47.8 Å². The molecule has 1 aromatic heterocycles. The highest BCUT2D eigenvalue weighted by Gasteiger charge is 2.21. The first-order valence-corrected chi connectivity index (χ1v) is 10.3. The standard InChI is InChI=1S/C22H24N2O3S/c1-3-12-27-18-10-8-15(13-19(18)26-2)9-11-21(25)24-22-17(14-23)16-6-4-5-7-20(16)28-22/h8-11,13H,3-7,12H2,1-2H3,(H,24,25)/b11-9+. The van der Waals surface area contributed by atoms with Crippen molar-refractivity contribution >= 4 is 28.3 Å². The number of nitrogens with zero attached hydrogens (tertiary/aromatic N) is 1. The van der Waals surface area contributed by atoms with Crippen LogP contribution in [0, 0.1) is 11.3 Å². The minimum atomic E-state index is -0.250. The zero-order chi connectivity index (χ0) is 19.9. The molecule has 1 aromatic carbocycles. The molecule has 1 heterocycles. The van der Waals surface area contributed by atoms with Gasteiger partial charge in [0.2, 0.25) is 5.91 Å². The van der Waals surface area contributed by atoms with Gasteiger partial charge >= 0.3 is 0 Å². The predicted molar refractivity (Wildman–Crippen MR) is 112 cm³/mol. The predicted octanol–water partition coefficient (Wildman–Crippen LogP) is 4.95. The summed E-state index contributed by atoms with van der Waals surface area (Å²) in [6.07, 6.45) is 8.28. The van der Waals surface area contributed by atoms with Gasteiger partial charge in [-0.05, 0) is 61.4 Å². The zero-order valence-corrected chi connectivity index (χ0v) is 17.0. The van der Waals surface area contributed by atoms with Crippen LogP contribution in [-0.2, 0) is 17.6 Å². The summed E-state index contributed by atoms with van der Waals surface area (Å²) in [7, 11) is 1.59. The smallest absolute Gasteiger partial charge is 0.249 e. The SMILES string of the molecule is CCCOc1ccc(/C=C/C(=O)Nc2sc3c(c2C#N)CCCC3)cc1OC. The number of fused-ring (bicyclic) bond motifs is 1. The number of carbonyl (C=O) groups is 1. The maximum Gasteiger partial charge on any atom is 0.249 e. The van der Waals surface area contributed by atoms with Crippen molar-refractivity contribution in [3.05, 3.63) is 45.8 Å². The van der Waals surface area contributed by atoms with Crippen molar-refractivity contribution in [2.24, 2.45) is 0 Å². The molecule has 0 saturated carbocycles. The van der Waals surface area contributed by atoms with Crippen molar-refractivity contribution in [2.45, 2.75) is 39.0 Å². The van der Waals surface area contributed by atoms with Crippen molar-refractivity contribution in [1.29, 1.82) is 5.26 Å². The molecule has 146 valence electrons. The lowest BCUT2D eigenvalue weighted by Gasteiger charge is -2.10. The number of nitrogens with one attached hydrogen (secondary N) is 1. The highest BCUT2D eigenvalue weighted by molar-refractivity contribution is 7.16. The minimum absolute atomic E-state index is 0.250. The Balaban J connectivity index is 1.71. The molecule has 1 amide bonds. The van der Waals surface area contributed by atoms with E-state index in [2.05, 4.69) is 11.4 Å². The highest BCUT2D eigenvalue weighted by atomic mass is 32.1. The molecule has 0 saturated heterocycles. The van der Waals surface area contributed by atoms with E-state index in [-0.39, 0.29) is 5.91 Å². The Morgan fingerprint density at radius 2 is 2.14 bits per heavy atom. The molecule has 1 aliphatic rings. The van der Waals surface area contributed by atoms with Crippen molar-refractivity contribution < 1.29 is 14.3 Å². The van der Waals surface area contributed by atoms with Crippen LogP contribution < -0.4 is 14.8 Å². The van der Waals surface area contributed by atoms with Gasteiger partial charge in [0.05, 0.1) is 19.3 Å². The molecular formula is C22H24N2O3S. The van der Waals surface area contributed by atoms with Crippen LogP contribution in [0.3, 0.4) is 0 Å². The second-order valence-electron chi connectivity index (χ2n) is 6.61. The molecule has 1 N–H and O–H groups in total. The van der Waals surface area contributed by atoms with Crippen molar-refractivity contribution in [3.63, 3.8) is 0 Å². The second-order valence-corrected chi connectivity index (χ2v) is 7.71. The summed E-state index contributed by atoms with van der Waals surface area (Å²) in [6, 6.07) is 7.81. The molecule has 3 rings (SSSR count). The van der Waals surface area contributed by atoms with E-state index in [0.717, 1.165) is 43.2 Å². The number of hydrogen-bond acceptors (Lipinski definition) is 5. The number of amides is 1. The lowest BCUT2D eigenvalue weighted by atomic mass is 9.96. The van der Waals surface area contributed by atoms with E-state index in [9.17, 15) is 10.1 Å². The van der Waals surface area contributed by atoms with Gasteiger partial charge in [-0.15, -0.1) is 11.3 Å². The van der Waals surface area contributed by atoms with Crippen molar-refractivity contribution in [1.82, 2.24) is 0 Å². The summed E-state index contributed by atoms with van der Waals surface area (Å²) < 4.78 is 11.0. The fraction of sp³-hybridized carbons (Fsp3) is 0.364. The van der Waals surface area contributed by atoms with Gasteiger partial charge in [0.15, 0.2) is 11.5 Å². The molecular weight excluding hydrogens is 372 g/mol. The second kappa shape index (κ2) is 9.43. The van der Waals surface area contributed by atoms with Gasteiger partial charge in [-0.1, -0.05) is 13.0 Å². The average molecular weight is 397 g/mol. The molecule has 6 heteroatoms. The number of carbonyl (C=O) groups excluding carboxylic acids is 1. The maximum atomic E-state index is 12.4. The molecule has 5 nitrogen and oxygen atoms in total. The molecule has 0 spiro atoms. The van der Waals surface area contributed by atoms with Crippen LogP contribution in [0.5, 0.6) is 11.5 Å². The monoisotopic (exact) mass is 396 g/mol. The zero-order valence-electron chi connectivity index (χ0n) is 16.2. The van der Waals surface area contributed by atoms with E-state index in [0.29, 0.717) is 28.7 Å². The fourth-order valence-electron chi connectivity index (χ4n) is 3.22. The van der Waals surface area contributed by atoms with Gasteiger partial charge in [0, 0.05) is 11.0 Å². The van der Waals surface area contributed by atoms with Gasteiger partial charge in [0.1, 0.15) is 11.1 Å². The maximum absolute atomic E-state index is 12.4. The molecule has 0 atom stereocenters. The third-order valence-corrected chi connectivity index (χ3v) is 5.80. The largest absolute Gasteiger partial charge is 0.493 e. The van der Waals surface area contributed by atoms with E-state index in [1.54, 1.807) is 13.2 Å². The Morgan fingerprint density at radius 3 is 2.89 bits per heavy atom. The van der Waals surface area contributed by atoms with Gasteiger partial charge in [-0.2, -0.15) is 5.26 Å². The van der Waals surface area contributed by atoms with Crippen LogP contribution in [0.25, 0.3) is 6.08 Å². The van der Waals surface area contributed by atoms with Crippen LogP contribution in [-0.4, -0.2) is 19.6 Å². The Hall–Kier alpha value is -2.78. The van der Waals surface area contributed by atoms with Crippen molar-refractivity contribution in [3.8, 4) is 17.6 Å². The summed E-state index contributed by atoms with van der Waals surface area (Å²) in [5.74, 6) is 1.07. The Labute approximate surface area is 169 Å². The van der Waals surface area contributed by atoms with Crippen molar-refractivity contribution in [2.75, 3.05) is 19.0 Å². The summed E-state index contributed by atoms with van der Waals surface area (Å²) in [5.41, 5.74) is 2.58. The normalized spacial score (nSPS) is 13.0. The van der Waals surface area contributed by atoms with Crippen LogP contribution >= 0.6 is 11.3 Å². The minimum Gasteiger partial charge on any atom is -0.493 e. The Bertz CT molecular complexity index is 925. The lowest BCUT2D eigenvalue weighted by Crippen LogP contribution is -2.07. The molecule has 28 heavy (non-hydrogen) atoms. The first-order chi connectivity index (χ1) is 13.7. The van der Waals surface area contributed by atoms with Gasteiger partial charge in [-0.25, -0.2) is 0 Å². The van der Waals surface area contributed by atoms with Gasteiger partial charge in [-0.3, -0.25) is 4.79 Å². The number of aryl methyl sites for hydroxylation is 1. The van der Waals surface area contributed by atoms with Gasteiger partial charge < -0.3 is 14.8 Å². The van der Waals surface area contributed by atoms with Crippen LogP contribution in [0.15, 0.2) is 24.3 Å². The lowest BCUT2D eigenvalue weighted by molar-refractivity contribution is -0.111. The highest BCUT2D eigenvalue weighted by Crippen LogP contribution is 2.37. The molecule has 0 fully saturated rings. The van der Waals surface area contributed by atoms with Crippen LogP contribution in [0.2, 0.25) is 0 Å². The number of thiophene rings is 1. The Kier molecular flexibility index (Phi) is 6.72. The number of hydrogen-bond donors (Lipinski definition) is 1. The molecule has 2 aromatic rings. The summed E-state index contributed by atoms with van der Waals surface area (Å²) in [5, 5.41) is 13.0. The molecule has 0 radical (unpaired) electrons. The number of ether oxygens (including phenoxy) is 2. The molecule has 0 unspecified atom stereocenters. The van der Waals surface area contributed by atoms with E-state index in [1.165, 1.54) is 22.3 Å². The van der Waals surface area contributed by atoms with E-state index >= 15 is 0 Å². The number of benzene rings is 1. The number of rotatable bonds is 7.